The van der Waals surface area contributed by atoms with E-state index < -0.39 is 11.2 Å². The maximum atomic E-state index is 12.2. The number of esters is 3. The molecule has 0 aromatic carbocycles. The van der Waals surface area contributed by atoms with Crippen molar-refractivity contribution in [1.82, 2.24) is 0 Å². The molecule has 5 unspecified atom stereocenters. The third-order valence-electron chi connectivity index (χ3n) is 7.64. The van der Waals surface area contributed by atoms with Gasteiger partial charge in [0.05, 0.1) is 29.3 Å². The van der Waals surface area contributed by atoms with Crippen LogP contribution in [0.5, 0.6) is 0 Å². The van der Waals surface area contributed by atoms with Crippen LogP contribution in [0, 0.1) is 28.6 Å². The van der Waals surface area contributed by atoms with E-state index in [1.165, 1.54) is 0 Å². The smallest absolute Gasteiger partial charge is 0.314 e. The lowest BCUT2D eigenvalue weighted by atomic mass is 9.86. The minimum atomic E-state index is -0.922. The summed E-state index contributed by atoms with van der Waals surface area (Å²) in [6.45, 7) is 12.2. The van der Waals surface area contributed by atoms with Crippen LogP contribution in [-0.2, 0) is 33.3 Å². The summed E-state index contributed by atoms with van der Waals surface area (Å²) in [4.78, 5) is 35.5. The minimum Gasteiger partial charge on any atom is -0.435 e. The van der Waals surface area contributed by atoms with Crippen LogP contribution in [0.4, 0.5) is 0 Å². The highest BCUT2D eigenvalue weighted by Crippen LogP contribution is 2.61. The minimum absolute atomic E-state index is 0.0266. The van der Waals surface area contributed by atoms with Gasteiger partial charge in [-0.25, -0.2) is 0 Å². The maximum Gasteiger partial charge on any atom is 0.314 e. The lowest BCUT2D eigenvalue weighted by Gasteiger charge is -2.33. The predicted molar refractivity (Wildman–Crippen MR) is 112 cm³/mol. The predicted octanol–water partition coefficient (Wildman–Crippen LogP) is 4.37. The van der Waals surface area contributed by atoms with Crippen molar-refractivity contribution >= 4 is 17.9 Å². The lowest BCUT2D eigenvalue weighted by Crippen LogP contribution is -2.42. The van der Waals surface area contributed by atoms with Crippen LogP contribution in [-0.4, -0.2) is 36.6 Å². The fraction of sp³-hybridized carbons (Fsp3) is 0.875. The zero-order valence-corrected chi connectivity index (χ0v) is 19.8. The van der Waals surface area contributed by atoms with E-state index in [1.807, 2.05) is 41.5 Å². The summed E-state index contributed by atoms with van der Waals surface area (Å²) in [6, 6.07) is 0. The van der Waals surface area contributed by atoms with Gasteiger partial charge >= 0.3 is 17.9 Å². The van der Waals surface area contributed by atoms with Crippen LogP contribution in [0.15, 0.2) is 0 Å². The molecule has 0 aromatic rings. The molecule has 2 saturated heterocycles. The molecule has 4 fully saturated rings. The van der Waals surface area contributed by atoms with E-state index in [4.69, 9.17) is 18.9 Å². The van der Waals surface area contributed by atoms with Gasteiger partial charge in [-0.15, -0.1) is 0 Å². The number of hydrogen-bond acceptors (Lipinski definition) is 7. The second-order valence-electron chi connectivity index (χ2n) is 10.7. The SMILES string of the molecule is CCC(C)(C)C(=O)OC12CC3CC(C(=O)O1)C2C3.CCC(C)(C)C(=O)OC1CCCO1. The monoisotopic (exact) mass is 438 g/mol. The topological polar surface area (TPSA) is 88.1 Å². The van der Waals surface area contributed by atoms with Gasteiger partial charge in [0.25, 0.3) is 5.79 Å². The Morgan fingerprint density at radius 2 is 1.71 bits per heavy atom. The molecule has 176 valence electrons. The Bertz CT molecular complexity index is 707. The summed E-state index contributed by atoms with van der Waals surface area (Å²) < 4.78 is 21.5. The molecule has 0 amide bonds. The van der Waals surface area contributed by atoms with Gasteiger partial charge in [-0.1, -0.05) is 13.8 Å². The van der Waals surface area contributed by atoms with Crippen LogP contribution < -0.4 is 0 Å². The summed E-state index contributed by atoms with van der Waals surface area (Å²) in [5.74, 6) is -0.916. The van der Waals surface area contributed by atoms with E-state index in [-0.39, 0.29) is 41.4 Å². The highest BCUT2D eigenvalue weighted by atomic mass is 16.7. The molecular formula is C24H38O7. The van der Waals surface area contributed by atoms with Crippen molar-refractivity contribution in [2.45, 2.75) is 98.6 Å². The molecule has 2 aliphatic carbocycles. The van der Waals surface area contributed by atoms with Crippen molar-refractivity contribution in [3.05, 3.63) is 0 Å². The van der Waals surface area contributed by atoms with Gasteiger partial charge in [0, 0.05) is 12.8 Å². The highest BCUT2D eigenvalue weighted by Gasteiger charge is 2.68. The molecule has 4 aliphatic rings. The molecule has 2 bridgehead atoms. The molecule has 5 atom stereocenters. The van der Waals surface area contributed by atoms with Gasteiger partial charge in [-0.05, 0) is 65.7 Å². The molecule has 31 heavy (non-hydrogen) atoms. The standard InChI is InChI=1S/C14H20O4.C10H18O3/c1-4-13(2,3)12(16)18-14-7-8-5-9(10(14)6-8)11(15)17-14;1-4-10(2,3)9(11)13-8-6-5-7-12-8/h8-10H,4-7H2,1-3H3;8H,4-7H2,1-3H3. The van der Waals surface area contributed by atoms with E-state index in [1.54, 1.807) is 0 Å². The Morgan fingerprint density at radius 3 is 2.26 bits per heavy atom. The van der Waals surface area contributed by atoms with Crippen LogP contribution in [0.3, 0.4) is 0 Å². The summed E-state index contributed by atoms with van der Waals surface area (Å²) in [5, 5.41) is 0. The first kappa shape index (κ1) is 24.0. The second-order valence-corrected chi connectivity index (χ2v) is 10.7. The fourth-order valence-electron chi connectivity index (χ4n) is 4.62. The fourth-order valence-corrected chi connectivity index (χ4v) is 4.62. The van der Waals surface area contributed by atoms with Crippen LogP contribution in [0.1, 0.15) is 86.5 Å². The van der Waals surface area contributed by atoms with Gasteiger partial charge in [-0.2, -0.15) is 0 Å². The van der Waals surface area contributed by atoms with Crippen LogP contribution >= 0.6 is 0 Å². The summed E-state index contributed by atoms with van der Waals surface area (Å²) in [7, 11) is 0. The van der Waals surface area contributed by atoms with Crippen molar-refractivity contribution in [1.29, 1.82) is 0 Å². The molecule has 2 saturated carbocycles. The number of carbonyl (C=O) groups excluding carboxylic acids is 3. The third kappa shape index (κ3) is 4.76. The molecular weight excluding hydrogens is 400 g/mol. The Kier molecular flexibility index (Phi) is 6.76. The van der Waals surface area contributed by atoms with Crippen LogP contribution in [0.2, 0.25) is 0 Å². The largest absolute Gasteiger partial charge is 0.435 e. The number of rotatable bonds is 6. The Balaban J connectivity index is 0.000000187. The second kappa shape index (κ2) is 8.72. The first-order chi connectivity index (χ1) is 14.4. The zero-order valence-electron chi connectivity index (χ0n) is 19.8. The molecule has 0 radical (unpaired) electrons. The quantitative estimate of drug-likeness (QED) is 0.569. The summed E-state index contributed by atoms with van der Waals surface area (Å²) in [6.07, 6.45) is 5.63. The van der Waals surface area contributed by atoms with E-state index >= 15 is 0 Å². The highest BCUT2D eigenvalue weighted by molar-refractivity contribution is 5.80. The first-order valence-corrected chi connectivity index (χ1v) is 11.7. The van der Waals surface area contributed by atoms with Gasteiger partial charge in [0.1, 0.15) is 0 Å². The number of hydrogen-bond donors (Lipinski definition) is 0. The average Bonchev–Trinajstić information content (AvgIpc) is 3.46. The number of ether oxygens (including phenoxy) is 4. The number of carbonyl (C=O) groups is 3. The van der Waals surface area contributed by atoms with E-state index in [0.29, 0.717) is 25.4 Å². The molecule has 0 spiro atoms. The zero-order chi connectivity index (χ0) is 23.0. The van der Waals surface area contributed by atoms with Crippen molar-refractivity contribution in [3.63, 3.8) is 0 Å². The van der Waals surface area contributed by atoms with E-state index in [9.17, 15) is 14.4 Å². The Morgan fingerprint density at radius 1 is 1.06 bits per heavy atom. The van der Waals surface area contributed by atoms with Crippen LogP contribution in [0.25, 0.3) is 0 Å². The van der Waals surface area contributed by atoms with E-state index in [0.717, 1.165) is 32.1 Å². The molecule has 7 nitrogen and oxygen atoms in total. The normalized spacial score (nSPS) is 33.5. The molecule has 0 N–H and O–H groups in total. The number of fused-ring (bicyclic) bond motifs is 1. The molecule has 4 rings (SSSR count). The summed E-state index contributed by atoms with van der Waals surface area (Å²) >= 11 is 0. The van der Waals surface area contributed by atoms with Gasteiger partial charge in [0.2, 0.25) is 6.29 Å². The Hall–Kier alpha value is -1.63. The molecule has 0 aromatic heterocycles. The van der Waals surface area contributed by atoms with Crippen molar-refractivity contribution in [3.8, 4) is 0 Å². The van der Waals surface area contributed by atoms with Crippen molar-refractivity contribution in [2.24, 2.45) is 28.6 Å². The van der Waals surface area contributed by atoms with E-state index in [2.05, 4.69) is 0 Å². The van der Waals surface area contributed by atoms with Gasteiger partial charge in [-0.3, -0.25) is 14.4 Å². The summed E-state index contributed by atoms with van der Waals surface area (Å²) in [5.41, 5.74) is -0.896. The molecule has 2 aliphatic heterocycles. The first-order valence-electron chi connectivity index (χ1n) is 11.7. The van der Waals surface area contributed by atoms with Crippen molar-refractivity contribution in [2.75, 3.05) is 6.61 Å². The Labute approximate surface area is 185 Å². The third-order valence-corrected chi connectivity index (χ3v) is 7.64. The average molecular weight is 439 g/mol. The van der Waals surface area contributed by atoms with Gasteiger partial charge < -0.3 is 18.9 Å². The maximum absolute atomic E-state index is 12.2. The molecule has 2 heterocycles. The van der Waals surface area contributed by atoms with Crippen molar-refractivity contribution < 1.29 is 33.3 Å². The lowest BCUT2D eigenvalue weighted by molar-refractivity contribution is -0.229. The van der Waals surface area contributed by atoms with Gasteiger partial charge in [0.15, 0.2) is 0 Å². The molecule has 7 heteroatoms.